The molecule has 1 aromatic carbocycles. The number of carbonyl (C=O) groups excluding carboxylic acids is 1. The van der Waals surface area contributed by atoms with Gasteiger partial charge >= 0.3 is 0 Å². The fraction of sp³-hybridized carbons (Fsp3) is 0.0909. The fourth-order valence-electron chi connectivity index (χ4n) is 1.21. The molecular formula is C11H9BrN2OS. The van der Waals surface area contributed by atoms with Gasteiger partial charge in [0.1, 0.15) is 0 Å². The Morgan fingerprint density at radius 3 is 2.94 bits per heavy atom. The zero-order chi connectivity index (χ0) is 11.5. The lowest BCUT2D eigenvalue weighted by Crippen LogP contribution is -2.12. The number of benzene rings is 1. The average molecular weight is 297 g/mol. The van der Waals surface area contributed by atoms with Gasteiger partial charge < -0.3 is 4.57 Å². The van der Waals surface area contributed by atoms with Gasteiger partial charge in [0.25, 0.3) is 5.91 Å². The molecule has 0 unspecified atom stereocenters. The lowest BCUT2D eigenvalue weighted by atomic mass is 10.2. The van der Waals surface area contributed by atoms with Gasteiger partial charge in [0, 0.05) is 28.7 Å². The van der Waals surface area contributed by atoms with E-state index in [4.69, 9.17) is 0 Å². The summed E-state index contributed by atoms with van der Waals surface area (Å²) in [5.74, 6) is -0.223. The molecule has 2 rings (SSSR count). The smallest absolute Gasteiger partial charge is 0.279 e. The van der Waals surface area contributed by atoms with Crippen LogP contribution >= 0.6 is 27.3 Å². The number of hydrogen-bond acceptors (Lipinski definition) is 2. The van der Waals surface area contributed by atoms with Gasteiger partial charge in [-0.25, -0.2) is 0 Å². The number of aromatic nitrogens is 1. The van der Waals surface area contributed by atoms with Gasteiger partial charge in [0.05, 0.1) is 0 Å². The van der Waals surface area contributed by atoms with E-state index in [2.05, 4.69) is 20.9 Å². The molecule has 0 aliphatic rings. The van der Waals surface area contributed by atoms with E-state index < -0.39 is 0 Å². The van der Waals surface area contributed by atoms with Crippen molar-refractivity contribution in [2.24, 2.45) is 12.0 Å². The van der Waals surface area contributed by atoms with Gasteiger partial charge in [-0.1, -0.05) is 22.0 Å². The quantitative estimate of drug-likeness (QED) is 0.796. The minimum absolute atomic E-state index is 0.223. The van der Waals surface area contributed by atoms with E-state index in [1.165, 1.54) is 11.3 Å². The van der Waals surface area contributed by atoms with E-state index in [1.807, 2.05) is 35.3 Å². The van der Waals surface area contributed by atoms with Crippen molar-refractivity contribution >= 4 is 33.2 Å². The summed E-state index contributed by atoms with van der Waals surface area (Å²) in [4.78, 5) is 16.6. The zero-order valence-corrected chi connectivity index (χ0v) is 11.0. The summed E-state index contributed by atoms with van der Waals surface area (Å²) in [5, 5.41) is 1.90. The molecule has 0 radical (unpaired) electrons. The van der Waals surface area contributed by atoms with E-state index in [9.17, 15) is 4.79 Å². The Hall–Kier alpha value is -1.20. The first-order valence-electron chi connectivity index (χ1n) is 4.61. The summed E-state index contributed by atoms with van der Waals surface area (Å²) in [6.45, 7) is 0. The third kappa shape index (κ3) is 2.48. The first-order valence-corrected chi connectivity index (χ1v) is 6.29. The Labute approximate surface area is 105 Å². The summed E-state index contributed by atoms with van der Waals surface area (Å²) in [6, 6.07) is 7.22. The maximum Gasteiger partial charge on any atom is 0.279 e. The zero-order valence-electron chi connectivity index (χ0n) is 8.55. The van der Waals surface area contributed by atoms with Gasteiger partial charge in [-0.3, -0.25) is 4.79 Å². The molecule has 1 heterocycles. The molecule has 0 fully saturated rings. The maximum atomic E-state index is 11.8. The summed E-state index contributed by atoms with van der Waals surface area (Å²) >= 11 is 4.77. The maximum absolute atomic E-state index is 11.8. The lowest BCUT2D eigenvalue weighted by molar-refractivity contribution is 0.0998. The highest BCUT2D eigenvalue weighted by Crippen LogP contribution is 2.12. The predicted octanol–water partition coefficient (Wildman–Crippen LogP) is 2.59. The van der Waals surface area contributed by atoms with Crippen molar-refractivity contribution in [2.45, 2.75) is 0 Å². The van der Waals surface area contributed by atoms with E-state index in [0.29, 0.717) is 10.4 Å². The van der Waals surface area contributed by atoms with E-state index >= 15 is 0 Å². The summed E-state index contributed by atoms with van der Waals surface area (Å²) in [7, 11) is 1.86. The third-order valence-corrected chi connectivity index (χ3v) is 3.37. The molecule has 82 valence electrons. The molecule has 0 spiro atoms. The second-order valence-electron chi connectivity index (χ2n) is 3.22. The molecule has 0 saturated heterocycles. The van der Waals surface area contributed by atoms with Gasteiger partial charge in [-0.15, -0.1) is 11.3 Å². The molecule has 0 aliphatic carbocycles. The van der Waals surface area contributed by atoms with Crippen LogP contribution in [0.5, 0.6) is 0 Å². The van der Waals surface area contributed by atoms with Crippen LogP contribution in [0.1, 0.15) is 10.4 Å². The second-order valence-corrected chi connectivity index (χ2v) is 5.01. The number of amides is 1. The average Bonchev–Trinajstić information content (AvgIpc) is 2.64. The van der Waals surface area contributed by atoms with Crippen LogP contribution in [0, 0.1) is 0 Å². The van der Waals surface area contributed by atoms with Gasteiger partial charge in [-0.05, 0) is 18.2 Å². The fourth-order valence-corrected chi connectivity index (χ4v) is 2.33. The lowest BCUT2D eigenvalue weighted by Gasteiger charge is -1.95. The van der Waals surface area contributed by atoms with Gasteiger partial charge in [0.2, 0.25) is 0 Å². The first kappa shape index (κ1) is 11.3. The van der Waals surface area contributed by atoms with Crippen LogP contribution in [0.4, 0.5) is 0 Å². The minimum Gasteiger partial charge on any atom is -0.327 e. The first-order chi connectivity index (χ1) is 7.66. The topological polar surface area (TPSA) is 34.4 Å². The van der Waals surface area contributed by atoms with Crippen LogP contribution in [0.15, 0.2) is 45.3 Å². The van der Waals surface area contributed by atoms with Crippen LogP contribution in [0.2, 0.25) is 0 Å². The molecule has 0 bridgehead atoms. The van der Waals surface area contributed by atoms with Crippen molar-refractivity contribution in [3.05, 3.63) is 50.7 Å². The summed E-state index contributed by atoms with van der Waals surface area (Å²) in [5.41, 5.74) is 0.586. The van der Waals surface area contributed by atoms with Crippen LogP contribution in [-0.4, -0.2) is 10.5 Å². The van der Waals surface area contributed by atoms with Gasteiger partial charge in [0.15, 0.2) is 4.80 Å². The molecule has 0 saturated carbocycles. The van der Waals surface area contributed by atoms with Crippen molar-refractivity contribution in [2.75, 3.05) is 0 Å². The molecule has 0 N–H and O–H groups in total. The van der Waals surface area contributed by atoms with Crippen LogP contribution in [-0.2, 0) is 7.05 Å². The molecule has 3 nitrogen and oxygen atoms in total. The number of nitrogens with zero attached hydrogens (tertiary/aromatic N) is 2. The van der Waals surface area contributed by atoms with E-state index in [-0.39, 0.29) is 5.91 Å². The highest BCUT2D eigenvalue weighted by molar-refractivity contribution is 9.10. The molecular weight excluding hydrogens is 288 g/mol. The normalized spacial score (nSPS) is 11.8. The van der Waals surface area contributed by atoms with Crippen molar-refractivity contribution in [1.82, 2.24) is 4.57 Å². The molecule has 1 aromatic heterocycles. The highest BCUT2D eigenvalue weighted by Gasteiger charge is 2.04. The highest BCUT2D eigenvalue weighted by atomic mass is 79.9. The number of hydrogen-bond donors (Lipinski definition) is 0. The van der Waals surface area contributed by atoms with Gasteiger partial charge in [-0.2, -0.15) is 4.99 Å². The van der Waals surface area contributed by atoms with Crippen molar-refractivity contribution in [1.29, 1.82) is 0 Å². The van der Waals surface area contributed by atoms with E-state index in [0.717, 1.165) is 4.47 Å². The minimum atomic E-state index is -0.223. The number of halogens is 1. The molecule has 0 atom stereocenters. The third-order valence-electron chi connectivity index (χ3n) is 2.03. The standard InChI is InChI=1S/C11H9BrN2OS/c1-14-5-6-16-11(14)13-10(15)8-3-2-4-9(12)7-8/h2-7H,1H3. The van der Waals surface area contributed by atoms with Crippen molar-refractivity contribution < 1.29 is 4.79 Å². The number of aryl methyl sites for hydroxylation is 1. The molecule has 0 aliphatic heterocycles. The number of carbonyl (C=O) groups is 1. The second kappa shape index (κ2) is 4.76. The summed E-state index contributed by atoms with van der Waals surface area (Å²) in [6.07, 6.45) is 1.87. The van der Waals surface area contributed by atoms with Crippen molar-refractivity contribution in [3.63, 3.8) is 0 Å². The molecule has 2 aromatic rings. The Balaban J connectivity index is 2.38. The Bertz CT molecular complexity index is 585. The Kier molecular flexibility index (Phi) is 3.36. The molecule has 5 heteroatoms. The Morgan fingerprint density at radius 2 is 2.31 bits per heavy atom. The number of thiazole rings is 1. The largest absolute Gasteiger partial charge is 0.327 e. The van der Waals surface area contributed by atoms with Crippen LogP contribution in [0.25, 0.3) is 0 Å². The molecule has 1 amide bonds. The monoisotopic (exact) mass is 296 g/mol. The number of rotatable bonds is 1. The Morgan fingerprint density at radius 1 is 1.50 bits per heavy atom. The molecule has 16 heavy (non-hydrogen) atoms. The van der Waals surface area contributed by atoms with Crippen molar-refractivity contribution in [3.8, 4) is 0 Å². The predicted molar refractivity (Wildman–Crippen MR) is 67.3 cm³/mol. The SMILES string of the molecule is Cn1ccsc1=NC(=O)c1cccc(Br)c1. The summed E-state index contributed by atoms with van der Waals surface area (Å²) < 4.78 is 2.70. The van der Waals surface area contributed by atoms with Crippen LogP contribution < -0.4 is 4.80 Å². The van der Waals surface area contributed by atoms with E-state index in [1.54, 1.807) is 12.1 Å². The van der Waals surface area contributed by atoms with Crippen LogP contribution in [0.3, 0.4) is 0 Å².